The maximum absolute atomic E-state index is 14.8. The molecule has 1 aromatic heterocycles. The van der Waals surface area contributed by atoms with Crippen molar-refractivity contribution in [1.29, 1.82) is 0 Å². The molecule has 216 valence electrons. The summed E-state index contributed by atoms with van der Waals surface area (Å²) >= 11 is 0. The molecule has 0 spiro atoms. The molecule has 4 rings (SSSR count). The molecule has 1 heterocycles. The van der Waals surface area contributed by atoms with E-state index in [1.807, 2.05) is 0 Å². The molecule has 0 atom stereocenters. The Morgan fingerprint density at radius 3 is 2.40 bits per heavy atom. The van der Waals surface area contributed by atoms with E-state index in [1.165, 1.54) is 42.4 Å². The number of anilines is 1. The minimum Gasteiger partial charge on any atom is -0.444 e. The fourth-order valence-corrected chi connectivity index (χ4v) is 6.40. The zero-order valence-corrected chi connectivity index (χ0v) is 23.9. The van der Waals surface area contributed by atoms with Gasteiger partial charge in [0.1, 0.15) is 17.2 Å². The number of carbonyl (C=O) groups is 1. The number of nitrogens with one attached hydrogen (secondary N) is 2. The Kier molecular flexibility index (Phi) is 7.98. The molecule has 0 unspecified atom stereocenters. The van der Waals surface area contributed by atoms with Crippen LogP contribution in [0.25, 0.3) is 11.3 Å². The maximum Gasteiger partial charge on any atom is 0.410 e. The minimum atomic E-state index is -4.43. The van der Waals surface area contributed by atoms with Gasteiger partial charge in [-0.3, -0.25) is 4.72 Å². The number of hydrogen-bond acceptors (Lipinski definition) is 6. The van der Waals surface area contributed by atoms with Gasteiger partial charge in [-0.2, -0.15) is 13.1 Å². The lowest BCUT2D eigenvalue weighted by molar-refractivity contribution is 0.0285. The van der Waals surface area contributed by atoms with E-state index in [1.54, 1.807) is 20.8 Å². The Hall–Kier alpha value is -3.49. The lowest BCUT2D eigenvalue weighted by Gasteiger charge is -2.24. The molecule has 40 heavy (non-hydrogen) atoms. The summed E-state index contributed by atoms with van der Waals surface area (Å²) in [4.78, 5) is 13.4. The minimum absolute atomic E-state index is 0.000719. The monoisotopic (exact) mass is 596 g/mol. The van der Waals surface area contributed by atoms with Crippen LogP contribution in [0.3, 0.4) is 0 Å². The Labute approximate surface area is 232 Å². The lowest BCUT2D eigenvalue weighted by atomic mass is 10.1. The van der Waals surface area contributed by atoms with Gasteiger partial charge in [0.15, 0.2) is 0 Å². The highest BCUT2D eigenvalue weighted by atomic mass is 32.2. The average molecular weight is 597 g/mol. The molecule has 1 aliphatic rings. The molecule has 2 N–H and O–H groups in total. The van der Waals surface area contributed by atoms with Crippen molar-refractivity contribution in [2.45, 2.75) is 56.7 Å². The van der Waals surface area contributed by atoms with Crippen LogP contribution in [0, 0.1) is 11.6 Å². The third kappa shape index (κ3) is 7.17. The fourth-order valence-electron chi connectivity index (χ4n) is 3.79. The molecule has 14 heteroatoms. The lowest BCUT2D eigenvalue weighted by Crippen LogP contribution is -2.33. The standard InChI is InChI=1S/C26H30F2N4O6S2/c1-26(2,3)38-25(33)31(4)15-17-12-24(22-11-8-18(27)13-23(22)28)32(16-17)39(34,35)21-7-5-6-20(14-21)30-40(36,37)29-19-9-10-19/h5-8,11-14,16,19,29-30H,9-10,15H2,1-4H3. The van der Waals surface area contributed by atoms with Crippen molar-refractivity contribution in [2.75, 3.05) is 11.8 Å². The predicted octanol–water partition coefficient (Wildman–Crippen LogP) is 4.45. The van der Waals surface area contributed by atoms with Crippen LogP contribution in [0.1, 0.15) is 39.2 Å². The van der Waals surface area contributed by atoms with Crippen molar-refractivity contribution in [1.82, 2.24) is 13.6 Å². The van der Waals surface area contributed by atoms with E-state index in [9.17, 15) is 30.4 Å². The maximum atomic E-state index is 14.8. The van der Waals surface area contributed by atoms with Gasteiger partial charge in [-0.15, -0.1) is 0 Å². The molecular weight excluding hydrogens is 566 g/mol. The quantitative estimate of drug-likeness (QED) is 0.376. The number of benzene rings is 2. The molecule has 1 fully saturated rings. The number of halogens is 2. The smallest absolute Gasteiger partial charge is 0.410 e. The van der Waals surface area contributed by atoms with Crippen molar-refractivity contribution in [3.8, 4) is 11.3 Å². The Balaban J connectivity index is 1.73. The van der Waals surface area contributed by atoms with Crippen molar-refractivity contribution >= 4 is 32.0 Å². The molecular formula is C26H30F2N4O6S2. The Bertz CT molecular complexity index is 1650. The number of amides is 1. The van der Waals surface area contributed by atoms with E-state index in [2.05, 4.69) is 9.44 Å². The summed E-state index contributed by atoms with van der Waals surface area (Å²) in [5.41, 5.74) is -0.751. The molecule has 0 aliphatic heterocycles. The second-order valence-electron chi connectivity index (χ2n) is 10.5. The van der Waals surface area contributed by atoms with Crippen molar-refractivity contribution in [2.24, 2.45) is 0 Å². The molecule has 1 amide bonds. The molecule has 1 aliphatic carbocycles. The topological polar surface area (TPSA) is 127 Å². The van der Waals surface area contributed by atoms with Gasteiger partial charge >= 0.3 is 6.09 Å². The summed E-state index contributed by atoms with van der Waals surface area (Å²) < 4.78 is 91.7. The summed E-state index contributed by atoms with van der Waals surface area (Å²) in [5.74, 6) is -1.83. The van der Waals surface area contributed by atoms with Gasteiger partial charge in [0.05, 0.1) is 22.8 Å². The first-order valence-electron chi connectivity index (χ1n) is 12.3. The van der Waals surface area contributed by atoms with Crippen LogP contribution in [0.2, 0.25) is 0 Å². The summed E-state index contributed by atoms with van der Waals surface area (Å²) in [5, 5.41) is 0. The summed E-state index contributed by atoms with van der Waals surface area (Å²) in [6.45, 7) is 5.02. The summed E-state index contributed by atoms with van der Waals surface area (Å²) in [7, 11) is -6.90. The molecule has 2 aromatic carbocycles. The normalized spacial score (nSPS) is 14.2. The first-order chi connectivity index (χ1) is 18.5. The second-order valence-corrected chi connectivity index (χ2v) is 13.8. The molecule has 0 saturated heterocycles. The number of hydrogen-bond donors (Lipinski definition) is 2. The third-order valence-electron chi connectivity index (χ3n) is 5.72. The number of nitrogens with zero attached hydrogens (tertiary/aromatic N) is 2. The van der Waals surface area contributed by atoms with Crippen LogP contribution in [-0.2, 0) is 31.5 Å². The van der Waals surface area contributed by atoms with E-state index in [0.717, 1.165) is 35.0 Å². The highest BCUT2D eigenvalue weighted by Gasteiger charge is 2.28. The summed E-state index contributed by atoms with van der Waals surface area (Å²) in [6.07, 6.45) is 2.01. The van der Waals surface area contributed by atoms with Gasteiger partial charge in [-0.05, 0) is 75.6 Å². The van der Waals surface area contributed by atoms with Crippen LogP contribution < -0.4 is 9.44 Å². The van der Waals surface area contributed by atoms with Gasteiger partial charge in [0, 0.05) is 30.9 Å². The second kappa shape index (κ2) is 10.8. The van der Waals surface area contributed by atoms with Gasteiger partial charge in [-0.1, -0.05) is 6.07 Å². The highest BCUT2D eigenvalue weighted by Crippen LogP contribution is 2.31. The van der Waals surface area contributed by atoms with E-state index in [-0.39, 0.29) is 34.4 Å². The van der Waals surface area contributed by atoms with Crippen molar-refractivity contribution in [3.63, 3.8) is 0 Å². The first-order valence-corrected chi connectivity index (χ1v) is 15.2. The highest BCUT2D eigenvalue weighted by molar-refractivity contribution is 7.91. The van der Waals surface area contributed by atoms with Gasteiger partial charge in [0.25, 0.3) is 20.2 Å². The van der Waals surface area contributed by atoms with E-state index in [4.69, 9.17) is 4.74 Å². The third-order valence-corrected chi connectivity index (χ3v) is 8.53. The average Bonchev–Trinajstić information content (AvgIpc) is 3.52. The molecule has 10 nitrogen and oxygen atoms in total. The first kappa shape index (κ1) is 29.5. The molecule has 3 aromatic rings. The Morgan fingerprint density at radius 1 is 1.07 bits per heavy atom. The van der Waals surface area contributed by atoms with Crippen LogP contribution in [0.15, 0.2) is 59.6 Å². The zero-order chi connectivity index (χ0) is 29.5. The van der Waals surface area contributed by atoms with E-state index >= 15 is 0 Å². The van der Waals surface area contributed by atoms with Crippen molar-refractivity contribution in [3.05, 3.63) is 71.9 Å². The SMILES string of the molecule is CN(Cc1cc(-c2ccc(F)cc2F)n(S(=O)(=O)c2cccc(NS(=O)(=O)NC3CC3)c2)c1)C(=O)OC(C)(C)C. The largest absolute Gasteiger partial charge is 0.444 e. The molecule has 0 radical (unpaired) electrons. The number of aromatic nitrogens is 1. The Morgan fingerprint density at radius 2 is 1.77 bits per heavy atom. The fraction of sp³-hybridized carbons (Fsp3) is 0.346. The summed E-state index contributed by atoms with van der Waals surface area (Å²) in [6, 6.07) is 9.11. The van der Waals surface area contributed by atoms with E-state index in [0.29, 0.717) is 11.6 Å². The van der Waals surface area contributed by atoms with Gasteiger partial charge in [-0.25, -0.2) is 26.0 Å². The van der Waals surface area contributed by atoms with Crippen LogP contribution in [0.5, 0.6) is 0 Å². The van der Waals surface area contributed by atoms with E-state index < -0.39 is 43.6 Å². The molecule has 0 bridgehead atoms. The predicted molar refractivity (Wildman–Crippen MR) is 145 cm³/mol. The number of ether oxygens (including phenoxy) is 1. The van der Waals surface area contributed by atoms with Crippen LogP contribution in [0.4, 0.5) is 19.3 Å². The number of carbonyl (C=O) groups excluding carboxylic acids is 1. The van der Waals surface area contributed by atoms with Gasteiger partial charge < -0.3 is 9.64 Å². The molecule has 1 saturated carbocycles. The van der Waals surface area contributed by atoms with Crippen LogP contribution in [-0.4, -0.2) is 50.5 Å². The van der Waals surface area contributed by atoms with Gasteiger partial charge in [0.2, 0.25) is 0 Å². The number of rotatable bonds is 9. The van der Waals surface area contributed by atoms with Crippen LogP contribution >= 0.6 is 0 Å². The van der Waals surface area contributed by atoms with Crippen molar-refractivity contribution < 1.29 is 35.1 Å². The zero-order valence-electron chi connectivity index (χ0n) is 22.3.